The molecule has 0 bridgehead atoms. The minimum atomic E-state index is 0.763. The zero-order valence-electron chi connectivity index (χ0n) is 13.3. The quantitative estimate of drug-likeness (QED) is 0.802. The van der Waals surface area contributed by atoms with Gasteiger partial charge in [-0.2, -0.15) is 0 Å². The van der Waals surface area contributed by atoms with E-state index in [4.69, 9.17) is 4.74 Å². The van der Waals surface area contributed by atoms with E-state index in [-0.39, 0.29) is 0 Å². The summed E-state index contributed by atoms with van der Waals surface area (Å²) in [6.07, 6.45) is 2.64. The summed E-state index contributed by atoms with van der Waals surface area (Å²) >= 11 is 3.47. The van der Waals surface area contributed by atoms with E-state index in [9.17, 15) is 0 Å². The molecule has 0 atom stereocenters. The molecule has 1 aromatic carbocycles. The van der Waals surface area contributed by atoms with Gasteiger partial charge in [0.2, 0.25) is 0 Å². The molecule has 1 aliphatic heterocycles. The van der Waals surface area contributed by atoms with Gasteiger partial charge in [-0.25, -0.2) is 9.97 Å². The molecular weight excluding hydrogens is 356 g/mol. The molecule has 1 fully saturated rings. The molecule has 1 aliphatic rings. The second-order valence-electron chi connectivity index (χ2n) is 5.63. The maximum Gasteiger partial charge on any atom is 0.134 e. The fraction of sp³-hybridized carbons (Fsp3) is 0.412. The summed E-state index contributed by atoms with van der Waals surface area (Å²) < 4.78 is 6.51. The van der Waals surface area contributed by atoms with Crippen molar-refractivity contribution in [2.75, 3.05) is 49.7 Å². The highest BCUT2D eigenvalue weighted by molar-refractivity contribution is 9.10. The first-order valence-corrected chi connectivity index (χ1v) is 8.62. The van der Waals surface area contributed by atoms with Crippen molar-refractivity contribution in [1.29, 1.82) is 0 Å². The highest BCUT2D eigenvalue weighted by Gasteiger charge is 2.14. The monoisotopic (exact) mass is 376 g/mol. The Hall–Kier alpha value is -1.66. The van der Waals surface area contributed by atoms with E-state index in [1.807, 2.05) is 0 Å². The third kappa shape index (κ3) is 4.42. The number of halogens is 1. The predicted molar refractivity (Wildman–Crippen MR) is 96.2 cm³/mol. The Kier molecular flexibility index (Phi) is 5.46. The highest BCUT2D eigenvalue weighted by atomic mass is 79.9. The van der Waals surface area contributed by atoms with Crippen molar-refractivity contribution in [3.63, 3.8) is 0 Å². The van der Waals surface area contributed by atoms with Crippen LogP contribution >= 0.6 is 15.9 Å². The van der Waals surface area contributed by atoms with E-state index in [1.165, 1.54) is 5.56 Å². The topological polar surface area (TPSA) is 41.5 Å². The van der Waals surface area contributed by atoms with Gasteiger partial charge in [-0.1, -0.05) is 28.1 Å². The molecule has 0 saturated carbocycles. The van der Waals surface area contributed by atoms with Gasteiger partial charge in [0.05, 0.1) is 13.2 Å². The minimum Gasteiger partial charge on any atom is -0.378 e. The maximum absolute atomic E-state index is 5.40. The maximum atomic E-state index is 5.40. The number of likely N-dealkylation sites (N-methyl/N-ethyl adjacent to an activating group) is 1. The number of anilines is 2. The molecule has 0 aliphatic carbocycles. The number of benzene rings is 1. The molecule has 0 radical (unpaired) electrons. The average Bonchev–Trinajstić information content (AvgIpc) is 2.62. The summed E-state index contributed by atoms with van der Waals surface area (Å²) in [6, 6.07) is 10.5. The summed E-state index contributed by atoms with van der Waals surface area (Å²) in [5.74, 6) is 1.94. The Bertz CT molecular complexity index is 629. The zero-order valence-corrected chi connectivity index (χ0v) is 14.9. The molecule has 2 aromatic rings. The molecule has 2 heterocycles. The molecular formula is C17H21BrN4O. The van der Waals surface area contributed by atoms with Gasteiger partial charge in [0.1, 0.15) is 18.0 Å². The van der Waals surface area contributed by atoms with E-state index in [2.05, 4.69) is 73.1 Å². The van der Waals surface area contributed by atoms with E-state index >= 15 is 0 Å². The summed E-state index contributed by atoms with van der Waals surface area (Å²) in [4.78, 5) is 13.2. The lowest BCUT2D eigenvalue weighted by atomic mass is 10.1. The van der Waals surface area contributed by atoms with Crippen LogP contribution in [0.15, 0.2) is 41.1 Å². The van der Waals surface area contributed by atoms with Crippen molar-refractivity contribution in [1.82, 2.24) is 9.97 Å². The van der Waals surface area contributed by atoms with Crippen LogP contribution in [-0.4, -0.2) is 49.9 Å². The molecule has 1 saturated heterocycles. The number of aromatic nitrogens is 2. The Morgan fingerprint density at radius 2 is 1.91 bits per heavy atom. The second-order valence-corrected chi connectivity index (χ2v) is 6.55. The largest absolute Gasteiger partial charge is 0.378 e. The van der Waals surface area contributed by atoms with Crippen LogP contribution < -0.4 is 9.80 Å². The van der Waals surface area contributed by atoms with Crippen molar-refractivity contribution in [2.24, 2.45) is 0 Å². The van der Waals surface area contributed by atoms with Crippen LogP contribution in [0, 0.1) is 0 Å². The fourth-order valence-corrected chi connectivity index (χ4v) is 2.84. The van der Waals surface area contributed by atoms with Gasteiger partial charge < -0.3 is 14.5 Å². The Morgan fingerprint density at radius 3 is 2.65 bits per heavy atom. The molecule has 6 heteroatoms. The van der Waals surface area contributed by atoms with Gasteiger partial charge in [0.25, 0.3) is 0 Å². The molecule has 3 rings (SSSR count). The summed E-state index contributed by atoms with van der Waals surface area (Å²) in [5, 5.41) is 0. The standard InChI is InChI=1S/C17H21BrN4O/c1-21(7-6-14-2-4-15(18)5-3-14)16-12-17(20-13-19-16)22-8-10-23-11-9-22/h2-5,12-13H,6-11H2,1H3. The second kappa shape index (κ2) is 7.75. The molecule has 0 spiro atoms. The molecule has 0 amide bonds. The van der Waals surface area contributed by atoms with Crippen LogP contribution in [0.2, 0.25) is 0 Å². The first-order valence-electron chi connectivity index (χ1n) is 7.83. The normalized spacial score (nSPS) is 14.8. The molecule has 1 aromatic heterocycles. The molecule has 0 N–H and O–H groups in total. The lowest BCUT2D eigenvalue weighted by molar-refractivity contribution is 0.122. The minimum absolute atomic E-state index is 0.763. The first-order chi connectivity index (χ1) is 11.2. The van der Waals surface area contributed by atoms with Crippen molar-refractivity contribution >= 4 is 27.6 Å². The van der Waals surface area contributed by atoms with Crippen LogP contribution in [-0.2, 0) is 11.2 Å². The fourth-order valence-electron chi connectivity index (χ4n) is 2.57. The molecule has 5 nitrogen and oxygen atoms in total. The van der Waals surface area contributed by atoms with Gasteiger partial charge in [-0.3, -0.25) is 0 Å². The Balaban J connectivity index is 1.62. The molecule has 122 valence electrons. The van der Waals surface area contributed by atoms with Gasteiger partial charge in [0, 0.05) is 37.2 Å². The van der Waals surface area contributed by atoms with Gasteiger partial charge in [0.15, 0.2) is 0 Å². The number of hydrogen-bond donors (Lipinski definition) is 0. The number of morpholine rings is 1. The number of ether oxygens (including phenoxy) is 1. The van der Waals surface area contributed by atoms with Crippen LogP contribution in [0.5, 0.6) is 0 Å². The molecule has 0 unspecified atom stereocenters. The average molecular weight is 377 g/mol. The number of rotatable bonds is 5. The van der Waals surface area contributed by atoms with Gasteiger partial charge in [-0.15, -0.1) is 0 Å². The van der Waals surface area contributed by atoms with E-state index in [0.29, 0.717) is 0 Å². The first kappa shape index (κ1) is 16.2. The third-order valence-corrected chi connectivity index (χ3v) is 4.54. The van der Waals surface area contributed by atoms with Crippen LogP contribution in [0.25, 0.3) is 0 Å². The lowest BCUT2D eigenvalue weighted by Gasteiger charge is -2.28. The van der Waals surface area contributed by atoms with Crippen LogP contribution in [0.3, 0.4) is 0 Å². The predicted octanol–water partition coefficient (Wildman–Crippen LogP) is 2.75. The smallest absolute Gasteiger partial charge is 0.134 e. The van der Waals surface area contributed by atoms with E-state index in [0.717, 1.165) is 55.4 Å². The summed E-state index contributed by atoms with van der Waals surface area (Å²) in [5.41, 5.74) is 1.32. The van der Waals surface area contributed by atoms with E-state index in [1.54, 1.807) is 6.33 Å². The lowest BCUT2D eigenvalue weighted by Crippen LogP contribution is -2.37. The highest BCUT2D eigenvalue weighted by Crippen LogP contribution is 2.18. The van der Waals surface area contributed by atoms with Crippen molar-refractivity contribution in [2.45, 2.75) is 6.42 Å². The third-order valence-electron chi connectivity index (χ3n) is 4.01. The molecule has 23 heavy (non-hydrogen) atoms. The van der Waals surface area contributed by atoms with Gasteiger partial charge >= 0.3 is 0 Å². The zero-order chi connectivity index (χ0) is 16.1. The van der Waals surface area contributed by atoms with E-state index < -0.39 is 0 Å². The van der Waals surface area contributed by atoms with Crippen molar-refractivity contribution in [3.05, 3.63) is 46.7 Å². The van der Waals surface area contributed by atoms with Gasteiger partial charge in [-0.05, 0) is 24.1 Å². The Labute approximate surface area is 145 Å². The summed E-state index contributed by atoms with van der Waals surface area (Å²) in [7, 11) is 2.07. The number of nitrogens with zero attached hydrogens (tertiary/aromatic N) is 4. The summed E-state index contributed by atoms with van der Waals surface area (Å²) in [6.45, 7) is 4.22. The van der Waals surface area contributed by atoms with Crippen molar-refractivity contribution < 1.29 is 4.74 Å². The van der Waals surface area contributed by atoms with Crippen LogP contribution in [0.1, 0.15) is 5.56 Å². The SMILES string of the molecule is CN(CCc1ccc(Br)cc1)c1cc(N2CCOCC2)ncn1. The number of hydrogen-bond acceptors (Lipinski definition) is 5. The van der Waals surface area contributed by atoms with Crippen LogP contribution in [0.4, 0.5) is 11.6 Å². The Morgan fingerprint density at radius 1 is 1.17 bits per heavy atom. The van der Waals surface area contributed by atoms with Crippen molar-refractivity contribution in [3.8, 4) is 0 Å².